The highest BCUT2D eigenvalue weighted by molar-refractivity contribution is 6.07. The van der Waals surface area contributed by atoms with Gasteiger partial charge in [-0.05, 0) is 24.3 Å². The molecule has 4 rings (SSSR count). The molecular weight excluding hydrogens is 406 g/mol. The van der Waals surface area contributed by atoms with E-state index in [4.69, 9.17) is 19.2 Å². The predicted molar refractivity (Wildman–Crippen MR) is 124 cm³/mol. The Morgan fingerprint density at radius 1 is 1.09 bits per heavy atom. The van der Waals surface area contributed by atoms with Crippen LogP contribution in [0.2, 0.25) is 0 Å². The van der Waals surface area contributed by atoms with Crippen molar-refractivity contribution < 1.29 is 23.9 Å². The molecule has 7 nitrogen and oxygen atoms in total. The summed E-state index contributed by atoms with van der Waals surface area (Å²) in [5.41, 5.74) is 2.88. The fourth-order valence-electron chi connectivity index (χ4n) is 4.06. The van der Waals surface area contributed by atoms with Crippen molar-refractivity contribution in [2.24, 2.45) is 0 Å². The number of hydrogen-bond acceptors (Lipinski definition) is 5. The van der Waals surface area contributed by atoms with Crippen LogP contribution in [-0.2, 0) is 4.74 Å². The van der Waals surface area contributed by atoms with Gasteiger partial charge in [0, 0.05) is 30.0 Å². The lowest BCUT2D eigenvalue weighted by Gasteiger charge is -2.23. The van der Waals surface area contributed by atoms with E-state index in [1.54, 1.807) is 14.2 Å². The number of ether oxygens (including phenoxy) is 3. The van der Waals surface area contributed by atoms with Crippen molar-refractivity contribution in [3.05, 3.63) is 54.1 Å². The fraction of sp³-hybridized carbons (Fsp3) is 0.360. The first-order valence-electron chi connectivity index (χ1n) is 11.0. The highest BCUT2D eigenvalue weighted by Crippen LogP contribution is 2.34. The maximum Gasteiger partial charge on any atom is 0.252 e. The van der Waals surface area contributed by atoms with Crippen LogP contribution in [0.5, 0.6) is 11.5 Å². The Morgan fingerprint density at radius 2 is 1.91 bits per heavy atom. The SMILES string of the molecule is COc1ccc(-c2cc(C(=O)NCCC[NH+]3CCOCC3)c3ccccc3n2)c(OC)c1. The van der Waals surface area contributed by atoms with E-state index in [0.29, 0.717) is 29.3 Å². The van der Waals surface area contributed by atoms with E-state index >= 15 is 0 Å². The molecular formula is C25H30N3O4+. The number of hydrogen-bond donors (Lipinski definition) is 2. The van der Waals surface area contributed by atoms with E-state index in [0.717, 1.165) is 55.7 Å². The van der Waals surface area contributed by atoms with Crippen molar-refractivity contribution >= 4 is 16.8 Å². The van der Waals surface area contributed by atoms with Crippen molar-refractivity contribution in [2.45, 2.75) is 6.42 Å². The molecule has 2 aromatic carbocycles. The molecule has 2 heterocycles. The number of quaternary nitrogens is 1. The molecule has 0 aliphatic carbocycles. The summed E-state index contributed by atoms with van der Waals surface area (Å²) in [6, 6.07) is 15.1. The van der Waals surface area contributed by atoms with Crippen LogP contribution >= 0.6 is 0 Å². The van der Waals surface area contributed by atoms with Crippen LogP contribution in [-0.4, -0.2) is 64.5 Å². The summed E-state index contributed by atoms with van der Waals surface area (Å²) in [4.78, 5) is 19.5. The Kier molecular flexibility index (Phi) is 7.19. The molecule has 0 bridgehead atoms. The van der Waals surface area contributed by atoms with Crippen LogP contribution in [0, 0.1) is 0 Å². The van der Waals surface area contributed by atoms with Gasteiger partial charge >= 0.3 is 0 Å². The number of nitrogens with zero attached hydrogens (tertiary/aromatic N) is 1. The Bertz CT molecular complexity index is 1080. The molecule has 0 radical (unpaired) electrons. The molecule has 3 aromatic rings. The van der Waals surface area contributed by atoms with Crippen LogP contribution in [0.4, 0.5) is 0 Å². The molecule has 1 saturated heterocycles. The van der Waals surface area contributed by atoms with Gasteiger partial charge in [0.15, 0.2) is 0 Å². The summed E-state index contributed by atoms with van der Waals surface area (Å²) in [6.45, 7) is 5.40. The highest BCUT2D eigenvalue weighted by atomic mass is 16.5. The smallest absolute Gasteiger partial charge is 0.252 e. The van der Waals surface area contributed by atoms with Gasteiger partial charge in [0.05, 0.1) is 50.8 Å². The second-order valence-corrected chi connectivity index (χ2v) is 7.86. The summed E-state index contributed by atoms with van der Waals surface area (Å²) >= 11 is 0. The largest absolute Gasteiger partial charge is 0.497 e. The first kappa shape index (κ1) is 22.0. The molecule has 7 heteroatoms. The van der Waals surface area contributed by atoms with E-state index in [9.17, 15) is 4.79 Å². The molecule has 1 amide bonds. The van der Waals surface area contributed by atoms with E-state index in [2.05, 4.69) is 5.32 Å². The number of methoxy groups -OCH3 is 2. The average Bonchev–Trinajstić information content (AvgIpc) is 2.86. The Hall–Kier alpha value is -3.16. The van der Waals surface area contributed by atoms with Crippen LogP contribution < -0.4 is 19.7 Å². The molecule has 1 aliphatic rings. The molecule has 2 N–H and O–H groups in total. The lowest BCUT2D eigenvalue weighted by Crippen LogP contribution is -3.14. The predicted octanol–water partition coefficient (Wildman–Crippen LogP) is 1.95. The van der Waals surface area contributed by atoms with Gasteiger partial charge in [0.2, 0.25) is 0 Å². The van der Waals surface area contributed by atoms with Gasteiger partial charge in [0.1, 0.15) is 24.6 Å². The number of para-hydroxylation sites is 1. The molecule has 1 fully saturated rings. The minimum atomic E-state index is -0.0886. The summed E-state index contributed by atoms with van der Waals surface area (Å²) in [5.74, 6) is 1.26. The number of fused-ring (bicyclic) bond motifs is 1. The van der Waals surface area contributed by atoms with Gasteiger partial charge < -0.3 is 24.4 Å². The molecule has 1 aromatic heterocycles. The van der Waals surface area contributed by atoms with Gasteiger partial charge in [-0.25, -0.2) is 4.98 Å². The van der Waals surface area contributed by atoms with Crippen LogP contribution in [0.1, 0.15) is 16.8 Å². The number of pyridine rings is 1. The van der Waals surface area contributed by atoms with Crippen molar-refractivity contribution in [3.63, 3.8) is 0 Å². The van der Waals surface area contributed by atoms with Crippen molar-refractivity contribution in [3.8, 4) is 22.8 Å². The number of morpholine rings is 1. The highest BCUT2D eigenvalue weighted by Gasteiger charge is 2.17. The van der Waals surface area contributed by atoms with Crippen LogP contribution in [0.15, 0.2) is 48.5 Å². The monoisotopic (exact) mass is 436 g/mol. The zero-order valence-electron chi connectivity index (χ0n) is 18.6. The van der Waals surface area contributed by atoms with E-state index in [-0.39, 0.29) is 5.91 Å². The van der Waals surface area contributed by atoms with Crippen molar-refractivity contribution in [1.29, 1.82) is 0 Å². The number of nitrogens with one attached hydrogen (secondary N) is 2. The number of aromatic nitrogens is 1. The fourth-order valence-corrected chi connectivity index (χ4v) is 4.06. The molecule has 0 atom stereocenters. The van der Waals surface area contributed by atoms with Crippen LogP contribution in [0.25, 0.3) is 22.2 Å². The van der Waals surface area contributed by atoms with Crippen molar-refractivity contribution in [2.75, 3.05) is 53.6 Å². The number of carbonyl (C=O) groups is 1. The van der Waals surface area contributed by atoms with E-state index in [1.165, 1.54) is 4.90 Å². The Labute approximate surface area is 188 Å². The number of rotatable bonds is 8. The zero-order valence-corrected chi connectivity index (χ0v) is 18.6. The average molecular weight is 437 g/mol. The Morgan fingerprint density at radius 3 is 2.69 bits per heavy atom. The second kappa shape index (κ2) is 10.4. The quantitative estimate of drug-likeness (QED) is 0.528. The number of carbonyl (C=O) groups excluding carboxylic acids is 1. The normalized spacial score (nSPS) is 14.3. The number of benzene rings is 2. The molecule has 0 spiro atoms. The topological polar surface area (TPSA) is 74.1 Å². The second-order valence-electron chi connectivity index (χ2n) is 7.86. The molecule has 1 aliphatic heterocycles. The van der Waals surface area contributed by atoms with Gasteiger partial charge in [-0.15, -0.1) is 0 Å². The number of amides is 1. The lowest BCUT2D eigenvalue weighted by atomic mass is 10.0. The lowest BCUT2D eigenvalue weighted by molar-refractivity contribution is -0.908. The zero-order chi connectivity index (χ0) is 22.3. The molecule has 0 unspecified atom stereocenters. The molecule has 168 valence electrons. The maximum absolute atomic E-state index is 13.1. The summed E-state index contributed by atoms with van der Waals surface area (Å²) in [7, 11) is 3.23. The van der Waals surface area contributed by atoms with Gasteiger partial charge in [-0.2, -0.15) is 0 Å². The van der Waals surface area contributed by atoms with E-state index in [1.807, 2.05) is 48.5 Å². The summed E-state index contributed by atoms with van der Waals surface area (Å²) in [5, 5.41) is 3.93. The van der Waals surface area contributed by atoms with Gasteiger partial charge in [0.25, 0.3) is 5.91 Å². The van der Waals surface area contributed by atoms with E-state index < -0.39 is 0 Å². The van der Waals surface area contributed by atoms with Gasteiger partial charge in [-0.3, -0.25) is 4.79 Å². The third kappa shape index (κ3) is 5.00. The third-order valence-corrected chi connectivity index (χ3v) is 5.84. The first-order chi connectivity index (χ1) is 15.7. The summed E-state index contributed by atoms with van der Waals surface area (Å²) in [6.07, 6.45) is 0.934. The van der Waals surface area contributed by atoms with Gasteiger partial charge in [-0.1, -0.05) is 18.2 Å². The summed E-state index contributed by atoms with van der Waals surface area (Å²) < 4.78 is 16.3. The minimum absolute atomic E-state index is 0.0886. The Balaban J connectivity index is 1.56. The minimum Gasteiger partial charge on any atom is -0.497 e. The standard InChI is InChI=1S/C25H29N3O4/c1-30-18-8-9-20(24(16-18)31-2)23-17-21(19-6-3-4-7-22(19)27-23)25(29)26-10-5-11-28-12-14-32-15-13-28/h3-4,6-9,16-17H,5,10-15H2,1-2H3,(H,26,29)/p+1. The maximum atomic E-state index is 13.1. The van der Waals surface area contributed by atoms with Crippen LogP contribution in [0.3, 0.4) is 0 Å². The van der Waals surface area contributed by atoms with Crippen molar-refractivity contribution in [1.82, 2.24) is 10.3 Å². The molecule has 0 saturated carbocycles. The first-order valence-corrected chi connectivity index (χ1v) is 11.0. The molecule has 32 heavy (non-hydrogen) atoms. The third-order valence-electron chi connectivity index (χ3n) is 5.84.